The highest BCUT2D eigenvalue weighted by Crippen LogP contribution is 2.32. The smallest absolute Gasteiger partial charge is 0.344 e. The number of amides is 1. The predicted molar refractivity (Wildman–Crippen MR) is 107 cm³/mol. The van der Waals surface area contributed by atoms with Gasteiger partial charge in [0.2, 0.25) is 5.76 Å². The van der Waals surface area contributed by atoms with Crippen molar-refractivity contribution in [3.05, 3.63) is 70.3 Å². The van der Waals surface area contributed by atoms with Crippen molar-refractivity contribution in [3.8, 4) is 11.1 Å². The van der Waals surface area contributed by atoms with Gasteiger partial charge in [0.1, 0.15) is 0 Å². The zero-order valence-electron chi connectivity index (χ0n) is 15.7. The van der Waals surface area contributed by atoms with Crippen LogP contribution in [0.15, 0.2) is 57.7 Å². The lowest BCUT2D eigenvalue weighted by Crippen LogP contribution is -2.42. The number of piperidine rings is 1. The molecule has 1 aliphatic rings. The van der Waals surface area contributed by atoms with Crippen molar-refractivity contribution in [2.24, 2.45) is 0 Å². The van der Waals surface area contributed by atoms with E-state index in [0.29, 0.717) is 17.5 Å². The second kappa shape index (κ2) is 7.03. The fraction of sp³-hybridized carbons (Fsp3) is 0.304. The Morgan fingerprint density at radius 2 is 1.74 bits per heavy atom. The summed E-state index contributed by atoms with van der Waals surface area (Å²) in [7, 11) is 0. The number of carbonyl (C=O) groups is 1. The van der Waals surface area contributed by atoms with E-state index in [1.165, 1.54) is 0 Å². The monoisotopic (exact) mass is 361 g/mol. The third-order valence-electron chi connectivity index (χ3n) is 5.44. The fourth-order valence-electron chi connectivity index (χ4n) is 3.89. The average molecular weight is 361 g/mol. The zero-order chi connectivity index (χ0) is 19.0. The van der Waals surface area contributed by atoms with Gasteiger partial charge in [-0.1, -0.05) is 48.0 Å². The van der Waals surface area contributed by atoms with Gasteiger partial charge in [0.25, 0.3) is 5.91 Å². The Kier molecular flexibility index (Phi) is 4.56. The molecule has 0 spiro atoms. The second-order valence-electron chi connectivity index (χ2n) is 7.35. The van der Waals surface area contributed by atoms with Crippen molar-refractivity contribution in [1.29, 1.82) is 0 Å². The van der Waals surface area contributed by atoms with Crippen molar-refractivity contribution < 1.29 is 9.21 Å². The van der Waals surface area contributed by atoms with Crippen LogP contribution in [0.4, 0.5) is 0 Å². The molecule has 0 bridgehead atoms. The van der Waals surface area contributed by atoms with E-state index in [9.17, 15) is 9.59 Å². The quantitative estimate of drug-likeness (QED) is 0.660. The molecule has 3 aromatic rings. The first-order valence-corrected chi connectivity index (χ1v) is 9.50. The van der Waals surface area contributed by atoms with Crippen LogP contribution in [-0.2, 0) is 0 Å². The Hall–Kier alpha value is -2.88. The van der Waals surface area contributed by atoms with Crippen LogP contribution in [0.2, 0.25) is 0 Å². The van der Waals surface area contributed by atoms with Crippen LogP contribution in [-0.4, -0.2) is 23.4 Å². The Morgan fingerprint density at radius 1 is 1.04 bits per heavy atom. The Labute approximate surface area is 158 Å². The topological polar surface area (TPSA) is 50.5 Å². The molecule has 0 saturated carbocycles. The molecule has 1 amide bonds. The van der Waals surface area contributed by atoms with E-state index in [2.05, 4.69) is 6.92 Å². The van der Waals surface area contributed by atoms with Gasteiger partial charge < -0.3 is 9.32 Å². The Morgan fingerprint density at radius 3 is 2.44 bits per heavy atom. The summed E-state index contributed by atoms with van der Waals surface area (Å²) in [5.41, 5.74) is 2.26. The minimum atomic E-state index is -0.463. The highest BCUT2D eigenvalue weighted by molar-refractivity contribution is 6.07. The van der Waals surface area contributed by atoms with Gasteiger partial charge in [-0.15, -0.1) is 0 Å². The maximum atomic E-state index is 13.4. The normalized spacial score (nSPS) is 17.3. The number of hydrogen-bond donors (Lipinski definition) is 0. The summed E-state index contributed by atoms with van der Waals surface area (Å²) >= 11 is 0. The van der Waals surface area contributed by atoms with Gasteiger partial charge in [-0.25, -0.2) is 4.79 Å². The molecule has 0 N–H and O–H groups in total. The van der Waals surface area contributed by atoms with Crippen molar-refractivity contribution >= 4 is 16.7 Å². The van der Waals surface area contributed by atoms with Crippen LogP contribution in [0.1, 0.15) is 42.3 Å². The summed E-state index contributed by atoms with van der Waals surface area (Å²) in [6.07, 6.45) is 3.08. The lowest BCUT2D eigenvalue weighted by Gasteiger charge is -2.33. The molecule has 1 fully saturated rings. The largest absolute Gasteiger partial charge is 0.416 e. The van der Waals surface area contributed by atoms with Crippen LogP contribution in [0, 0.1) is 6.92 Å². The molecule has 0 aliphatic carbocycles. The Bertz CT molecular complexity index is 1050. The molecule has 4 nitrogen and oxygen atoms in total. The number of benzene rings is 2. The minimum Gasteiger partial charge on any atom is -0.416 e. The van der Waals surface area contributed by atoms with Crippen molar-refractivity contribution in [3.63, 3.8) is 0 Å². The summed E-state index contributed by atoms with van der Waals surface area (Å²) in [6.45, 7) is 4.78. The molecule has 1 saturated heterocycles. The van der Waals surface area contributed by atoms with E-state index in [4.69, 9.17) is 4.42 Å². The molecule has 2 aromatic carbocycles. The van der Waals surface area contributed by atoms with Gasteiger partial charge in [-0.2, -0.15) is 0 Å². The Balaban J connectivity index is 1.96. The molecule has 2 heterocycles. The number of carbonyl (C=O) groups excluding carboxylic acids is 1. The van der Waals surface area contributed by atoms with Crippen LogP contribution >= 0.6 is 0 Å². The SMILES string of the molecule is Cc1ccc(-c2c(C(=O)N3CCCC[C@@H]3C)oc(=O)c3ccccc23)cc1. The lowest BCUT2D eigenvalue weighted by atomic mass is 9.96. The molecule has 27 heavy (non-hydrogen) atoms. The van der Waals surface area contributed by atoms with Crippen molar-refractivity contribution in [2.45, 2.75) is 39.2 Å². The molecule has 0 radical (unpaired) electrons. The number of rotatable bonds is 2. The van der Waals surface area contributed by atoms with E-state index < -0.39 is 5.63 Å². The highest BCUT2D eigenvalue weighted by atomic mass is 16.4. The van der Waals surface area contributed by atoms with Gasteiger partial charge in [0, 0.05) is 23.5 Å². The van der Waals surface area contributed by atoms with E-state index in [-0.39, 0.29) is 17.7 Å². The number of hydrogen-bond acceptors (Lipinski definition) is 3. The lowest BCUT2D eigenvalue weighted by molar-refractivity contribution is 0.0600. The number of aryl methyl sites for hydroxylation is 1. The highest BCUT2D eigenvalue weighted by Gasteiger charge is 2.29. The van der Waals surface area contributed by atoms with Crippen LogP contribution in [0.5, 0.6) is 0 Å². The first-order chi connectivity index (χ1) is 13.1. The molecule has 138 valence electrons. The second-order valence-corrected chi connectivity index (χ2v) is 7.35. The van der Waals surface area contributed by atoms with E-state index in [1.54, 1.807) is 6.07 Å². The number of nitrogens with zero attached hydrogens (tertiary/aromatic N) is 1. The average Bonchev–Trinajstić information content (AvgIpc) is 2.69. The standard InChI is InChI=1S/C23H23NO3/c1-15-10-12-17(13-11-15)20-18-8-3-4-9-19(18)23(26)27-21(20)22(25)24-14-6-5-7-16(24)2/h3-4,8-13,16H,5-7,14H2,1-2H3/t16-/m0/s1. The van der Waals surface area contributed by atoms with E-state index in [0.717, 1.165) is 35.8 Å². The molecular formula is C23H23NO3. The van der Waals surface area contributed by atoms with Gasteiger partial charge in [-0.05, 0) is 44.7 Å². The van der Waals surface area contributed by atoms with Crippen LogP contribution in [0.25, 0.3) is 21.9 Å². The maximum Gasteiger partial charge on any atom is 0.344 e. The van der Waals surface area contributed by atoms with Gasteiger partial charge in [0.05, 0.1) is 5.39 Å². The molecule has 1 aliphatic heterocycles. The summed E-state index contributed by atoms with van der Waals surface area (Å²) < 4.78 is 5.62. The van der Waals surface area contributed by atoms with Crippen LogP contribution in [0.3, 0.4) is 0 Å². The summed E-state index contributed by atoms with van der Waals surface area (Å²) in [5, 5.41) is 1.25. The number of fused-ring (bicyclic) bond motifs is 1. The zero-order valence-corrected chi connectivity index (χ0v) is 15.7. The molecule has 0 unspecified atom stereocenters. The third-order valence-corrected chi connectivity index (χ3v) is 5.44. The number of likely N-dealkylation sites (tertiary alicyclic amines) is 1. The molecule has 4 rings (SSSR count). The van der Waals surface area contributed by atoms with Gasteiger partial charge >= 0.3 is 5.63 Å². The minimum absolute atomic E-state index is 0.147. The van der Waals surface area contributed by atoms with Gasteiger partial charge in [-0.3, -0.25) is 4.79 Å². The first kappa shape index (κ1) is 17.5. The molecule has 4 heteroatoms. The van der Waals surface area contributed by atoms with Crippen molar-refractivity contribution in [2.75, 3.05) is 6.54 Å². The van der Waals surface area contributed by atoms with E-state index in [1.807, 2.05) is 54.3 Å². The summed E-state index contributed by atoms with van der Waals surface area (Å²) in [4.78, 5) is 27.8. The fourth-order valence-corrected chi connectivity index (χ4v) is 3.89. The molecular weight excluding hydrogens is 338 g/mol. The predicted octanol–water partition coefficient (Wildman–Crippen LogP) is 4.78. The molecule has 1 atom stereocenters. The van der Waals surface area contributed by atoms with E-state index >= 15 is 0 Å². The summed E-state index contributed by atoms with van der Waals surface area (Å²) in [6, 6.07) is 15.5. The van der Waals surface area contributed by atoms with Crippen LogP contribution < -0.4 is 5.63 Å². The maximum absolute atomic E-state index is 13.4. The third kappa shape index (κ3) is 3.16. The summed E-state index contributed by atoms with van der Waals surface area (Å²) in [5.74, 6) is -0.0445. The van der Waals surface area contributed by atoms with Gasteiger partial charge in [0.15, 0.2) is 0 Å². The van der Waals surface area contributed by atoms with Crippen molar-refractivity contribution in [1.82, 2.24) is 4.90 Å². The molecule has 1 aromatic heterocycles. The first-order valence-electron chi connectivity index (χ1n) is 9.50.